The lowest BCUT2D eigenvalue weighted by molar-refractivity contribution is 0.162. The minimum atomic E-state index is -0.148. The third kappa shape index (κ3) is 4.96. The van der Waals surface area contributed by atoms with Crippen LogP contribution >= 0.6 is 0 Å². The molecule has 0 bridgehead atoms. The van der Waals surface area contributed by atoms with Gasteiger partial charge in [0.15, 0.2) is 0 Å². The average Bonchev–Trinajstić information content (AvgIpc) is 2.05. The molecule has 1 unspecified atom stereocenters. The quantitative estimate of drug-likeness (QED) is 0.645. The van der Waals surface area contributed by atoms with E-state index in [4.69, 9.17) is 4.74 Å². The van der Waals surface area contributed by atoms with Gasteiger partial charge in [-0.2, -0.15) is 0 Å². The highest BCUT2D eigenvalue weighted by molar-refractivity contribution is 5.73. The van der Waals surface area contributed by atoms with E-state index in [9.17, 15) is 4.79 Å². The summed E-state index contributed by atoms with van der Waals surface area (Å²) in [6, 6.07) is -0.0227. The molecule has 0 heterocycles. The van der Waals surface area contributed by atoms with E-state index in [2.05, 4.69) is 17.6 Å². The summed E-state index contributed by atoms with van der Waals surface area (Å²) in [5.41, 5.74) is 0. The lowest BCUT2D eigenvalue weighted by Crippen LogP contribution is -2.42. The van der Waals surface area contributed by atoms with Crippen LogP contribution in [0.4, 0.5) is 4.79 Å². The summed E-state index contributed by atoms with van der Waals surface area (Å²) in [5.74, 6) is 0. The highest BCUT2D eigenvalue weighted by atomic mass is 16.5. The third-order valence-electron chi connectivity index (χ3n) is 1.57. The van der Waals surface area contributed by atoms with Crippen molar-refractivity contribution < 1.29 is 9.53 Å². The second kappa shape index (κ2) is 6.91. The van der Waals surface area contributed by atoms with E-state index in [0.717, 1.165) is 12.8 Å². The van der Waals surface area contributed by atoms with Crippen molar-refractivity contribution in [1.82, 2.24) is 10.6 Å². The summed E-state index contributed by atoms with van der Waals surface area (Å²) in [6.45, 7) is 2.65. The smallest absolute Gasteiger partial charge is 0.314 e. The van der Waals surface area contributed by atoms with Gasteiger partial charge in [0.1, 0.15) is 0 Å². The van der Waals surface area contributed by atoms with Crippen LogP contribution in [0, 0.1) is 0 Å². The average molecular weight is 174 g/mol. The Morgan fingerprint density at radius 1 is 1.58 bits per heavy atom. The van der Waals surface area contributed by atoms with Crippen molar-refractivity contribution in [3.05, 3.63) is 0 Å². The molecule has 4 heteroatoms. The van der Waals surface area contributed by atoms with Crippen molar-refractivity contribution in [2.75, 3.05) is 20.8 Å². The molecule has 0 spiro atoms. The number of urea groups is 1. The van der Waals surface area contributed by atoms with E-state index >= 15 is 0 Å². The largest absolute Gasteiger partial charge is 0.383 e. The minimum absolute atomic E-state index is 0.125. The number of hydrogen-bond donors (Lipinski definition) is 2. The minimum Gasteiger partial charge on any atom is -0.383 e. The van der Waals surface area contributed by atoms with Crippen LogP contribution < -0.4 is 10.6 Å². The standard InChI is InChI=1S/C8H18N2O2/c1-4-5-7(6-12-3)10-8(11)9-2/h7H,4-6H2,1-3H3,(H2,9,10,11). The lowest BCUT2D eigenvalue weighted by Gasteiger charge is -2.16. The molecule has 1 atom stereocenters. The summed E-state index contributed by atoms with van der Waals surface area (Å²) in [5, 5.41) is 5.30. The highest BCUT2D eigenvalue weighted by Crippen LogP contribution is 1.96. The first-order valence-corrected chi connectivity index (χ1v) is 4.21. The third-order valence-corrected chi connectivity index (χ3v) is 1.57. The zero-order valence-corrected chi connectivity index (χ0v) is 8.02. The SMILES string of the molecule is CCCC(COC)NC(=O)NC. The molecule has 4 nitrogen and oxygen atoms in total. The molecule has 0 aromatic rings. The van der Waals surface area contributed by atoms with Crippen molar-refractivity contribution in [3.8, 4) is 0 Å². The lowest BCUT2D eigenvalue weighted by atomic mass is 10.2. The number of carbonyl (C=O) groups is 1. The topological polar surface area (TPSA) is 50.4 Å². The molecule has 12 heavy (non-hydrogen) atoms. The van der Waals surface area contributed by atoms with Crippen molar-refractivity contribution in [3.63, 3.8) is 0 Å². The second-order valence-electron chi connectivity index (χ2n) is 2.66. The van der Waals surface area contributed by atoms with Gasteiger partial charge >= 0.3 is 6.03 Å². The molecule has 0 radical (unpaired) electrons. The highest BCUT2D eigenvalue weighted by Gasteiger charge is 2.08. The van der Waals surface area contributed by atoms with Crippen molar-refractivity contribution in [1.29, 1.82) is 0 Å². The van der Waals surface area contributed by atoms with E-state index in [1.54, 1.807) is 14.2 Å². The van der Waals surface area contributed by atoms with Crippen LogP contribution in [0.3, 0.4) is 0 Å². The van der Waals surface area contributed by atoms with Gasteiger partial charge in [-0.15, -0.1) is 0 Å². The monoisotopic (exact) mass is 174 g/mol. The number of carbonyl (C=O) groups excluding carboxylic acids is 1. The van der Waals surface area contributed by atoms with Gasteiger partial charge in [0.25, 0.3) is 0 Å². The van der Waals surface area contributed by atoms with Crippen molar-refractivity contribution in [2.24, 2.45) is 0 Å². The molecule has 0 aliphatic carbocycles. The molecule has 0 saturated heterocycles. The number of amides is 2. The Bertz CT molecular complexity index is 122. The van der Waals surface area contributed by atoms with Crippen molar-refractivity contribution >= 4 is 6.03 Å². The molecule has 2 amide bonds. The molecule has 0 aliphatic heterocycles. The summed E-state index contributed by atoms with van der Waals surface area (Å²) in [6.07, 6.45) is 1.99. The Morgan fingerprint density at radius 3 is 2.67 bits per heavy atom. The van der Waals surface area contributed by atoms with Gasteiger partial charge < -0.3 is 15.4 Å². The second-order valence-corrected chi connectivity index (χ2v) is 2.66. The van der Waals surface area contributed by atoms with Gasteiger partial charge in [-0.3, -0.25) is 0 Å². The van der Waals surface area contributed by atoms with Crippen LogP contribution in [0.2, 0.25) is 0 Å². The normalized spacial score (nSPS) is 12.2. The maximum atomic E-state index is 10.9. The summed E-state index contributed by atoms with van der Waals surface area (Å²) in [4.78, 5) is 10.9. The Labute approximate surface area is 73.7 Å². The van der Waals surface area contributed by atoms with Gasteiger partial charge in [-0.25, -0.2) is 4.79 Å². The van der Waals surface area contributed by atoms with Gasteiger partial charge in [-0.05, 0) is 6.42 Å². The zero-order chi connectivity index (χ0) is 9.40. The van der Waals surface area contributed by atoms with Crippen LogP contribution in [0.5, 0.6) is 0 Å². The molecule has 0 aromatic heterocycles. The van der Waals surface area contributed by atoms with Gasteiger partial charge in [0.05, 0.1) is 12.6 Å². The molecule has 0 aliphatic rings. The molecule has 0 rings (SSSR count). The fourth-order valence-corrected chi connectivity index (χ4v) is 1.00. The fourth-order valence-electron chi connectivity index (χ4n) is 1.00. The van der Waals surface area contributed by atoms with Crippen LogP contribution in [-0.4, -0.2) is 32.8 Å². The number of rotatable bonds is 5. The summed E-state index contributed by atoms with van der Waals surface area (Å²) < 4.78 is 4.96. The van der Waals surface area contributed by atoms with Gasteiger partial charge in [0, 0.05) is 14.2 Å². The maximum Gasteiger partial charge on any atom is 0.314 e. The first-order chi connectivity index (χ1) is 5.74. The molecule has 0 aromatic carbocycles. The first kappa shape index (κ1) is 11.2. The maximum absolute atomic E-state index is 10.9. The summed E-state index contributed by atoms with van der Waals surface area (Å²) in [7, 11) is 3.24. The van der Waals surface area contributed by atoms with Gasteiger partial charge in [-0.1, -0.05) is 13.3 Å². The fraction of sp³-hybridized carbons (Fsp3) is 0.875. The molecule has 0 saturated carbocycles. The van der Waals surface area contributed by atoms with Crippen LogP contribution in [0.15, 0.2) is 0 Å². The molecular formula is C8H18N2O2. The van der Waals surface area contributed by atoms with E-state index in [1.807, 2.05) is 0 Å². The Balaban J connectivity index is 3.68. The Morgan fingerprint density at radius 2 is 2.25 bits per heavy atom. The van der Waals surface area contributed by atoms with E-state index in [0.29, 0.717) is 6.61 Å². The Hall–Kier alpha value is -0.770. The van der Waals surface area contributed by atoms with Crippen LogP contribution in [0.25, 0.3) is 0 Å². The number of ether oxygens (including phenoxy) is 1. The molecular weight excluding hydrogens is 156 g/mol. The number of hydrogen-bond acceptors (Lipinski definition) is 2. The van der Waals surface area contributed by atoms with Gasteiger partial charge in [0.2, 0.25) is 0 Å². The van der Waals surface area contributed by atoms with Crippen LogP contribution in [-0.2, 0) is 4.74 Å². The van der Waals surface area contributed by atoms with Crippen molar-refractivity contribution in [2.45, 2.75) is 25.8 Å². The molecule has 0 fully saturated rings. The van der Waals surface area contributed by atoms with Crippen LogP contribution in [0.1, 0.15) is 19.8 Å². The van der Waals surface area contributed by atoms with E-state index in [-0.39, 0.29) is 12.1 Å². The first-order valence-electron chi connectivity index (χ1n) is 4.21. The predicted octanol–water partition coefficient (Wildman–Crippen LogP) is 0.731. The Kier molecular flexibility index (Phi) is 6.47. The summed E-state index contributed by atoms with van der Waals surface area (Å²) >= 11 is 0. The number of methoxy groups -OCH3 is 1. The predicted molar refractivity (Wildman–Crippen MR) is 48.2 cm³/mol. The number of nitrogens with one attached hydrogen (secondary N) is 2. The molecule has 72 valence electrons. The van der Waals surface area contributed by atoms with E-state index < -0.39 is 0 Å². The van der Waals surface area contributed by atoms with E-state index in [1.165, 1.54) is 0 Å². The molecule has 2 N–H and O–H groups in total. The zero-order valence-electron chi connectivity index (χ0n) is 8.02.